The van der Waals surface area contributed by atoms with E-state index in [4.69, 9.17) is 5.26 Å². The van der Waals surface area contributed by atoms with Gasteiger partial charge < -0.3 is 5.32 Å². The monoisotopic (exact) mass is 205 g/mol. The second-order valence-electron chi connectivity index (χ2n) is 3.52. The van der Waals surface area contributed by atoms with Gasteiger partial charge in [0.05, 0.1) is 18.9 Å². The van der Waals surface area contributed by atoms with Gasteiger partial charge in [-0.1, -0.05) is 0 Å². The molecule has 0 radical (unpaired) electrons. The molecule has 0 aromatic carbocycles. The molecule has 0 bridgehead atoms. The molecule has 0 aromatic rings. The van der Waals surface area contributed by atoms with Gasteiger partial charge in [0, 0.05) is 12.1 Å². The Morgan fingerprint density at radius 1 is 1.46 bits per heavy atom. The molecule has 0 unspecified atom stereocenters. The largest absolute Gasteiger partial charge is 0.303 e. The van der Waals surface area contributed by atoms with Crippen molar-refractivity contribution in [3.05, 3.63) is 0 Å². The maximum Gasteiger partial charge on any atom is 0.209 e. The standard InChI is InChI=1S/C7H15N3O2S/c1-7(2,6-9-5-4-8)10-13(3,11)12/h9-10H,5-6H2,1-3H3. The molecule has 0 rings (SSSR count). The van der Waals surface area contributed by atoms with Crippen LogP contribution in [0.25, 0.3) is 0 Å². The lowest BCUT2D eigenvalue weighted by atomic mass is 10.1. The molecule has 0 heterocycles. The van der Waals surface area contributed by atoms with E-state index in [0.29, 0.717) is 6.54 Å². The summed E-state index contributed by atoms with van der Waals surface area (Å²) in [5, 5.41) is 11.1. The van der Waals surface area contributed by atoms with Crippen LogP contribution in [0.4, 0.5) is 0 Å². The van der Waals surface area contributed by atoms with Gasteiger partial charge >= 0.3 is 0 Å². The predicted octanol–water partition coefficient (Wildman–Crippen LogP) is -0.573. The molecule has 0 amide bonds. The maximum atomic E-state index is 10.9. The molecular weight excluding hydrogens is 190 g/mol. The molecule has 0 saturated carbocycles. The van der Waals surface area contributed by atoms with E-state index in [1.807, 2.05) is 6.07 Å². The number of hydrogen-bond donors (Lipinski definition) is 2. The second kappa shape index (κ2) is 4.56. The summed E-state index contributed by atoms with van der Waals surface area (Å²) in [7, 11) is -3.19. The first-order valence-electron chi connectivity index (χ1n) is 3.83. The van der Waals surface area contributed by atoms with Crippen LogP contribution in [-0.2, 0) is 10.0 Å². The molecule has 0 saturated heterocycles. The lowest BCUT2D eigenvalue weighted by Crippen LogP contribution is -2.49. The minimum Gasteiger partial charge on any atom is -0.303 e. The van der Waals surface area contributed by atoms with Gasteiger partial charge in [-0.15, -0.1) is 0 Å². The van der Waals surface area contributed by atoms with Crippen LogP contribution < -0.4 is 10.0 Å². The fraction of sp³-hybridized carbons (Fsp3) is 0.857. The van der Waals surface area contributed by atoms with E-state index < -0.39 is 15.6 Å². The molecule has 0 aliphatic carbocycles. The van der Waals surface area contributed by atoms with Gasteiger partial charge in [0.1, 0.15) is 0 Å². The Hall–Kier alpha value is -0.640. The quantitative estimate of drug-likeness (QED) is 0.465. The van der Waals surface area contributed by atoms with Crippen LogP contribution in [0.1, 0.15) is 13.8 Å². The van der Waals surface area contributed by atoms with Crippen LogP contribution in [0, 0.1) is 11.3 Å². The SMILES string of the molecule is CC(C)(CNCC#N)NS(C)(=O)=O. The number of nitrogens with one attached hydrogen (secondary N) is 2. The number of nitrogens with zero attached hydrogens (tertiary/aromatic N) is 1. The third-order valence-electron chi connectivity index (χ3n) is 1.23. The minimum atomic E-state index is -3.19. The minimum absolute atomic E-state index is 0.217. The van der Waals surface area contributed by atoms with Crippen molar-refractivity contribution in [1.29, 1.82) is 5.26 Å². The fourth-order valence-corrected chi connectivity index (χ4v) is 2.04. The molecule has 5 nitrogen and oxygen atoms in total. The summed E-state index contributed by atoms with van der Waals surface area (Å²) in [6.45, 7) is 4.14. The Morgan fingerprint density at radius 2 is 2.00 bits per heavy atom. The zero-order valence-corrected chi connectivity index (χ0v) is 8.90. The van der Waals surface area contributed by atoms with Crippen molar-refractivity contribution in [1.82, 2.24) is 10.0 Å². The molecular formula is C7H15N3O2S. The zero-order chi connectivity index (χ0) is 10.5. The van der Waals surface area contributed by atoms with Gasteiger partial charge in [-0.05, 0) is 13.8 Å². The second-order valence-corrected chi connectivity index (χ2v) is 5.27. The van der Waals surface area contributed by atoms with Crippen LogP contribution in [0.15, 0.2) is 0 Å². The van der Waals surface area contributed by atoms with Crippen LogP contribution in [-0.4, -0.2) is 33.3 Å². The van der Waals surface area contributed by atoms with E-state index >= 15 is 0 Å². The molecule has 0 fully saturated rings. The summed E-state index contributed by atoms with van der Waals surface area (Å²) in [6.07, 6.45) is 1.11. The molecule has 0 aliphatic rings. The average molecular weight is 205 g/mol. The Balaban J connectivity index is 4.03. The van der Waals surface area contributed by atoms with Gasteiger partial charge in [0.15, 0.2) is 0 Å². The summed E-state index contributed by atoms with van der Waals surface area (Å²) in [4.78, 5) is 0. The van der Waals surface area contributed by atoms with E-state index in [2.05, 4.69) is 10.0 Å². The van der Waals surface area contributed by atoms with Gasteiger partial charge in [-0.2, -0.15) is 5.26 Å². The van der Waals surface area contributed by atoms with Crippen LogP contribution >= 0.6 is 0 Å². The molecule has 0 aliphatic heterocycles. The first kappa shape index (κ1) is 12.4. The number of nitriles is 1. The molecule has 13 heavy (non-hydrogen) atoms. The number of sulfonamides is 1. The van der Waals surface area contributed by atoms with E-state index in [1.54, 1.807) is 13.8 Å². The van der Waals surface area contributed by atoms with Crippen molar-refractivity contribution in [3.63, 3.8) is 0 Å². The normalized spacial score (nSPS) is 12.5. The summed E-state index contributed by atoms with van der Waals surface area (Å²) < 4.78 is 24.2. The topological polar surface area (TPSA) is 82.0 Å². The molecule has 2 N–H and O–H groups in total. The highest BCUT2D eigenvalue weighted by Crippen LogP contribution is 2.01. The summed E-state index contributed by atoms with van der Waals surface area (Å²) in [5.74, 6) is 0. The third-order valence-corrected chi connectivity index (χ3v) is 2.16. The van der Waals surface area contributed by atoms with Crippen molar-refractivity contribution < 1.29 is 8.42 Å². The highest BCUT2D eigenvalue weighted by molar-refractivity contribution is 7.88. The summed E-state index contributed by atoms with van der Waals surface area (Å²) in [5.41, 5.74) is -0.565. The molecule has 0 aromatic heterocycles. The highest BCUT2D eigenvalue weighted by Gasteiger charge is 2.20. The number of rotatable bonds is 5. The maximum absolute atomic E-state index is 10.9. The summed E-state index contributed by atoms with van der Waals surface area (Å²) in [6, 6.07) is 1.91. The smallest absolute Gasteiger partial charge is 0.209 e. The van der Waals surface area contributed by atoms with Crippen molar-refractivity contribution in [2.45, 2.75) is 19.4 Å². The first-order chi connectivity index (χ1) is 5.77. The van der Waals surface area contributed by atoms with E-state index in [-0.39, 0.29) is 6.54 Å². The van der Waals surface area contributed by atoms with Crippen LogP contribution in [0.5, 0.6) is 0 Å². The number of hydrogen-bond acceptors (Lipinski definition) is 4. The van der Waals surface area contributed by atoms with Gasteiger partial charge in [0.2, 0.25) is 10.0 Å². The zero-order valence-electron chi connectivity index (χ0n) is 8.09. The average Bonchev–Trinajstić information content (AvgIpc) is 1.81. The van der Waals surface area contributed by atoms with Crippen molar-refractivity contribution in [3.8, 4) is 6.07 Å². The highest BCUT2D eigenvalue weighted by atomic mass is 32.2. The molecule has 0 spiro atoms. The summed E-state index contributed by atoms with van der Waals surface area (Å²) >= 11 is 0. The van der Waals surface area contributed by atoms with E-state index in [9.17, 15) is 8.42 Å². The molecule has 6 heteroatoms. The molecule has 0 atom stereocenters. The fourth-order valence-electron chi connectivity index (χ4n) is 0.969. The van der Waals surface area contributed by atoms with Crippen molar-refractivity contribution in [2.24, 2.45) is 0 Å². The molecule has 76 valence electrons. The third kappa shape index (κ3) is 7.71. The van der Waals surface area contributed by atoms with Gasteiger partial charge in [-0.25, -0.2) is 13.1 Å². The van der Waals surface area contributed by atoms with Crippen molar-refractivity contribution >= 4 is 10.0 Å². The lowest BCUT2D eigenvalue weighted by molar-refractivity contribution is 0.431. The Kier molecular flexibility index (Phi) is 4.33. The van der Waals surface area contributed by atoms with Crippen LogP contribution in [0.3, 0.4) is 0 Å². The van der Waals surface area contributed by atoms with Gasteiger partial charge in [-0.3, -0.25) is 0 Å². The van der Waals surface area contributed by atoms with Crippen molar-refractivity contribution in [2.75, 3.05) is 19.3 Å². The predicted molar refractivity (Wildman–Crippen MR) is 50.5 cm³/mol. The van der Waals surface area contributed by atoms with Gasteiger partial charge in [0.25, 0.3) is 0 Å². The lowest BCUT2D eigenvalue weighted by Gasteiger charge is -2.24. The Bertz CT molecular complexity index is 289. The Morgan fingerprint density at radius 3 is 2.38 bits per heavy atom. The first-order valence-corrected chi connectivity index (χ1v) is 5.72. The van der Waals surface area contributed by atoms with E-state index in [0.717, 1.165) is 6.26 Å². The van der Waals surface area contributed by atoms with E-state index in [1.165, 1.54) is 0 Å². The Labute approximate surface area is 79.2 Å². The van der Waals surface area contributed by atoms with Crippen LogP contribution in [0.2, 0.25) is 0 Å².